The number of likely N-dealkylation sites (tertiary alicyclic amines) is 1. The van der Waals surface area contributed by atoms with Gasteiger partial charge in [0.2, 0.25) is 0 Å². The number of benzene rings is 1. The van der Waals surface area contributed by atoms with Gasteiger partial charge in [0.15, 0.2) is 11.6 Å². The van der Waals surface area contributed by atoms with Crippen LogP contribution >= 0.6 is 0 Å². The van der Waals surface area contributed by atoms with Crippen LogP contribution in [0, 0.1) is 0 Å². The molecule has 0 spiro atoms. The SMILES string of the molecule is O=C(O)C1CC(C(=O)N2CCC(O)(C(F)(F)F)C2)=NN1c1ccccc1. The molecule has 26 heavy (non-hydrogen) atoms. The molecule has 0 radical (unpaired) electrons. The van der Waals surface area contributed by atoms with Gasteiger partial charge in [-0.1, -0.05) is 18.2 Å². The van der Waals surface area contributed by atoms with Gasteiger partial charge in [0.05, 0.1) is 12.2 Å². The summed E-state index contributed by atoms with van der Waals surface area (Å²) in [7, 11) is 0. The van der Waals surface area contributed by atoms with Crippen molar-refractivity contribution >= 4 is 23.3 Å². The molecule has 10 heteroatoms. The lowest BCUT2D eigenvalue weighted by Gasteiger charge is -2.25. The molecular formula is C16H16F3N3O4. The van der Waals surface area contributed by atoms with E-state index in [0.717, 1.165) is 4.90 Å². The van der Waals surface area contributed by atoms with E-state index in [1.165, 1.54) is 5.01 Å². The van der Waals surface area contributed by atoms with Crippen LogP contribution in [0.1, 0.15) is 12.8 Å². The van der Waals surface area contributed by atoms with Crippen LogP contribution in [0.3, 0.4) is 0 Å². The minimum Gasteiger partial charge on any atom is -0.480 e. The van der Waals surface area contributed by atoms with Crippen molar-refractivity contribution in [3.8, 4) is 0 Å². The van der Waals surface area contributed by atoms with Crippen molar-refractivity contribution in [2.75, 3.05) is 18.1 Å². The second-order valence-electron chi connectivity index (χ2n) is 6.29. The maximum absolute atomic E-state index is 12.9. The zero-order chi connectivity index (χ0) is 19.1. The van der Waals surface area contributed by atoms with Crippen molar-refractivity contribution in [1.29, 1.82) is 0 Å². The van der Waals surface area contributed by atoms with Crippen LogP contribution in [-0.2, 0) is 9.59 Å². The third-order valence-corrected chi connectivity index (χ3v) is 4.53. The third kappa shape index (κ3) is 3.12. The summed E-state index contributed by atoms with van der Waals surface area (Å²) in [4.78, 5) is 24.8. The van der Waals surface area contributed by atoms with Crippen LogP contribution in [0.2, 0.25) is 0 Å². The molecule has 1 fully saturated rings. The average Bonchev–Trinajstić information content (AvgIpc) is 3.19. The lowest BCUT2D eigenvalue weighted by Crippen LogP contribution is -2.48. The molecule has 2 atom stereocenters. The number of hydrazone groups is 1. The van der Waals surface area contributed by atoms with E-state index in [1.807, 2.05) is 0 Å². The molecule has 3 rings (SSSR count). The number of rotatable bonds is 3. The second kappa shape index (κ2) is 6.27. The Morgan fingerprint density at radius 2 is 1.88 bits per heavy atom. The van der Waals surface area contributed by atoms with E-state index in [4.69, 9.17) is 0 Å². The number of para-hydroxylation sites is 1. The van der Waals surface area contributed by atoms with Crippen molar-refractivity contribution < 1.29 is 33.0 Å². The maximum Gasteiger partial charge on any atom is 0.419 e. The van der Waals surface area contributed by atoms with Crippen molar-refractivity contribution in [3.63, 3.8) is 0 Å². The van der Waals surface area contributed by atoms with Gasteiger partial charge in [-0.15, -0.1) is 0 Å². The lowest BCUT2D eigenvalue weighted by molar-refractivity contribution is -0.253. The number of nitrogens with zero attached hydrogens (tertiary/aromatic N) is 3. The van der Waals surface area contributed by atoms with Crippen molar-refractivity contribution in [2.45, 2.75) is 30.7 Å². The zero-order valence-electron chi connectivity index (χ0n) is 13.5. The number of β-amino-alcohol motifs (C(OH)–C–C–N with tert-alkyl or cyclic N) is 1. The van der Waals surface area contributed by atoms with E-state index in [9.17, 15) is 33.0 Å². The monoisotopic (exact) mass is 371 g/mol. The highest BCUT2D eigenvalue weighted by molar-refractivity contribution is 6.40. The second-order valence-corrected chi connectivity index (χ2v) is 6.29. The Morgan fingerprint density at radius 3 is 2.42 bits per heavy atom. The Labute approximate surface area is 146 Å². The highest BCUT2D eigenvalue weighted by Crippen LogP contribution is 2.38. The molecule has 1 amide bonds. The van der Waals surface area contributed by atoms with Crippen LogP contribution < -0.4 is 5.01 Å². The fourth-order valence-corrected chi connectivity index (χ4v) is 3.03. The van der Waals surface area contributed by atoms with Gasteiger partial charge in [0.1, 0.15) is 5.71 Å². The van der Waals surface area contributed by atoms with Crippen molar-refractivity contribution in [1.82, 2.24) is 4.90 Å². The van der Waals surface area contributed by atoms with Crippen LogP contribution in [0.15, 0.2) is 35.4 Å². The molecule has 1 aromatic carbocycles. The highest BCUT2D eigenvalue weighted by atomic mass is 19.4. The van der Waals surface area contributed by atoms with Crippen molar-refractivity contribution in [3.05, 3.63) is 30.3 Å². The predicted molar refractivity (Wildman–Crippen MR) is 84.6 cm³/mol. The summed E-state index contributed by atoms with van der Waals surface area (Å²) in [5.41, 5.74) is -2.64. The Balaban J connectivity index is 1.81. The van der Waals surface area contributed by atoms with E-state index < -0.39 is 42.7 Å². The van der Waals surface area contributed by atoms with Gasteiger partial charge >= 0.3 is 12.1 Å². The van der Waals surface area contributed by atoms with Crippen LogP contribution in [0.4, 0.5) is 18.9 Å². The smallest absolute Gasteiger partial charge is 0.419 e. The molecule has 1 aromatic rings. The van der Waals surface area contributed by atoms with Crippen LogP contribution in [0.5, 0.6) is 0 Å². The number of alkyl halides is 3. The van der Waals surface area contributed by atoms with Gasteiger partial charge < -0.3 is 15.1 Å². The summed E-state index contributed by atoms with van der Waals surface area (Å²) in [6.45, 7) is -1.17. The number of carbonyl (C=O) groups is 2. The van der Waals surface area contributed by atoms with E-state index in [-0.39, 0.29) is 18.7 Å². The summed E-state index contributed by atoms with van der Waals surface area (Å²) < 4.78 is 38.7. The predicted octanol–water partition coefficient (Wildman–Crippen LogP) is 1.23. The molecule has 2 aliphatic heterocycles. The number of carboxylic acids is 1. The summed E-state index contributed by atoms with van der Waals surface area (Å²) >= 11 is 0. The molecule has 2 N–H and O–H groups in total. The Morgan fingerprint density at radius 1 is 1.23 bits per heavy atom. The van der Waals surface area contributed by atoms with Crippen molar-refractivity contribution in [2.24, 2.45) is 5.10 Å². The molecule has 0 saturated carbocycles. The van der Waals surface area contributed by atoms with E-state index in [1.54, 1.807) is 30.3 Å². The first-order chi connectivity index (χ1) is 12.1. The first kappa shape index (κ1) is 18.2. The fourth-order valence-electron chi connectivity index (χ4n) is 3.03. The van der Waals surface area contributed by atoms with Gasteiger partial charge in [0, 0.05) is 19.4 Å². The summed E-state index contributed by atoms with van der Waals surface area (Å²) in [5.74, 6) is -2.00. The number of aliphatic hydroxyl groups is 1. The minimum absolute atomic E-state index is 0.146. The van der Waals surface area contributed by atoms with Crippen LogP contribution in [-0.4, -0.2) is 63.6 Å². The molecule has 0 bridgehead atoms. The highest BCUT2D eigenvalue weighted by Gasteiger charge is 2.58. The van der Waals surface area contributed by atoms with Gasteiger partial charge in [-0.25, -0.2) is 4.79 Å². The maximum atomic E-state index is 12.9. The molecule has 2 aliphatic rings. The first-order valence-corrected chi connectivity index (χ1v) is 7.85. The number of amides is 1. The zero-order valence-corrected chi connectivity index (χ0v) is 13.5. The number of hydrogen-bond acceptors (Lipinski definition) is 5. The largest absolute Gasteiger partial charge is 0.480 e. The Kier molecular flexibility index (Phi) is 4.39. The third-order valence-electron chi connectivity index (χ3n) is 4.53. The fraction of sp³-hybridized carbons (Fsp3) is 0.438. The van der Waals surface area contributed by atoms with Gasteiger partial charge in [-0.3, -0.25) is 9.80 Å². The molecule has 0 aromatic heterocycles. The normalized spacial score (nSPS) is 26.2. The Hall–Kier alpha value is -2.62. The molecule has 1 saturated heterocycles. The van der Waals surface area contributed by atoms with E-state index in [2.05, 4.69) is 5.10 Å². The number of aliphatic carboxylic acids is 1. The topological polar surface area (TPSA) is 93.4 Å². The van der Waals surface area contributed by atoms with E-state index in [0.29, 0.717) is 5.69 Å². The van der Waals surface area contributed by atoms with Crippen LogP contribution in [0.25, 0.3) is 0 Å². The minimum atomic E-state index is -4.85. The molecular weight excluding hydrogens is 355 g/mol. The quantitative estimate of drug-likeness (QED) is 0.834. The van der Waals surface area contributed by atoms with Gasteiger partial charge in [0.25, 0.3) is 5.91 Å². The Bertz CT molecular complexity index is 753. The number of halogens is 3. The standard InChI is InChI=1S/C16H16F3N3O4/c17-16(18,19)15(26)6-7-21(9-15)13(23)11-8-12(14(24)25)22(20-11)10-4-2-1-3-5-10/h1-5,12,26H,6-9H2,(H,24,25). The lowest BCUT2D eigenvalue weighted by atomic mass is 10.0. The molecule has 2 heterocycles. The average molecular weight is 371 g/mol. The number of hydrogen-bond donors (Lipinski definition) is 2. The summed E-state index contributed by atoms with van der Waals surface area (Å²) in [5, 5.41) is 24.3. The summed E-state index contributed by atoms with van der Waals surface area (Å²) in [6, 6.07) is 7.19. The summed E-state index contributed by atoms with van der Waals surface area (Å²) in [6.07, 6.45) is -5.70. The van der Waals surface area contributed by atoms with E-state index >= 15 is 0 Å². The number of anilines is 1. The van der Waals surface area contributed by atoms with Gasteiger partial charge in [-0.2, -0.15) is 18.3 Å². The molecule has 2 unspecified atom stereocenters. The molecule has 0 aliphatic carbocycles. The number of carboxylic acid groups (broad SMARTS) is 1. The van der Waals surface area contributed by atoms with Gasteiger partial charge in [-0.05, 0) is 12.1 Å². The number of carbonyl (C=O) groups excluding carboxylic acids is 1. The molecule has 140 valence electrons. The molecule has 7 nitrogen and oxygen atoms in total. The first-order valence-electron chi connectivity index (χ1n) is 7.85.